The zero-order valence-electron chi connectivity index (χ0n) is 16.1. The molecule has 0 radical (unpaired) electrons. The van der Waals surface area contributed by atoms with Gasteiger partial charge in [-0.2, -0.15) is 0 Å². The summed E-state index contributed by atoms with van der Waals surface area (Å²) in [6.07, 6.45) is 0. The zero-order valence-corrected chi connectivity index (χ0v) is 17.8. The van der Waals surface area contributed by atoms with Gasteiger partial charge in [0.2, 0.25) is 10.0 Å². The van der Waals surface area contributed by atoms with Crippen LogP contribution < -0.4 is 14.5 Å². The fourth-order valence-corrected chi connectivity index (χ4v) is 5.86. The first-order valence-corrected chi connectivity index (χ1v) is 12.3. The van der Waals surface area contributed by atoms with Crippen LogP contribution in [0.25, 0.3) is 0 Å². The van der Waals surface area contributed by atoms with Crippen LogP contribution in [0.1, 0.15) is 30.3 Å². The quantitative estimate of drug-likeness (QED) is 0.579. The number of nitrogens with one attached hydrogen (secondary N) is 3. The van der Waals surface area contributed by atoms with E-state index >= 15 is 0 Å². The fourth-order valence-electron chi connectivity index (χ4n) is 4.00. The van der Waals surface area contributed by atoms with Crippen LogP contribution in [0.15, 0.2) is 47.8 Å². The van der Waals surface area contributed by atoms with E-state index < -0.39 is 10.0 Å². The Labute approximate surface area is 167 Å². The number of benzene rings is 1. The predicted molar refractivity (Wildman–Crippen MR) is 111 cm³/mol. The second-order valence-corrected chi connectivity index (χ2v) is 10.4. The van der Waals surface area contributed by atoms with E-state index in [0.717, 1.165) is 32.7 Å². The predicted octanol–water partition coefficient (Wildman–Crippen LogP) is 0.101. The Morgan fingerprint density at radius 3 is 2.37 bits per heavy atom. The highest BCUT2D eigenvalue weighted by atomic mass is 32.2. The molecule has 2 heterocycles. The van der Waals surface area contributed by atoms with E-state index in [1.165, 1.54) is 15.3 Å². The molecule has 0 aliphatic carbocycles. The number of rotatable bonds is 8. The third-order valence-corrected chi connectivity index (χ3v) is 7.88. The molecule has 3 N–H and O–H groups in total. The Morgan fingerprint density at radius 2 is 1.78 bits per heavy atom. The Hall–Kier alpha value is -1.25. The summed E-state index contributed by atoms with van der Waals surface area (Å²) in [6, 6.07) is 14.9. The molecule has 1 fully saturated rings. The Kier molecular flexibility index (Phi) is 7.05. The lowest BCUT2D eigenvalue weighted by Gasteiger charge is -2.36. The first-order chi connectivity index (χ1) is 13.0. The minimum Gasteiger partial charge on any atom is -0.322 e. The highest BCUT2D eigenvalue weighted by Crippen LogP contribution is 2.20. The minimum atomic E-state index is -3.21. The van der Waals surface area contributed by atoms with E-state index in [1.54, 1.807) is 23.2 Å². The molecule has 0 bridgehead atoms. The topological polar surface area (TPSA) is 55.0 Å². The summed E-state index contributed by atoms with van der Waals surface area (Å²) in [5, 5.41) is 2.08. The van der Waals surface area contributed by atoms with Gasteiger partial charge in [-0.1, -0.05) is 36.4 Å². The number of hydrogen-bond acceptors (Lipinski definition) is 3. The van der Waals surface area contributed by atoms with Crippen molar-refractivity contribution in [2.45, 2.75) is 32.5 Å². The van der Waals surface area contributed by atoms with Crippen molar-refractivity contribution in [1.29, 1.82) is 0 Å². The molecule has 27 heavy (non-hydrogen) atoms. The van der Waals surface area contributed by atoms with E-state index in [2.05, 4.69) is 52.6 Å². The Morgan fingerprint density at radius 1 is 1.07 bits per heavy atom. The molecule has 1 saturated heterocycles. The molecule has 3 rings (SSSR count). The standard InChI is InChI=1S/C20H29N3O2S2/c1-3-27(24,25)21-17(2)20(19-10-7-15-26-19)23-13-11-22(12-14-23)16-18-8-5-4-6-9-18/h4-10,15,17,20-21H,3,11-14,16H2,1-2H3/p+2/t17-,20+/m0/s1. The van der Waals surface area contributed by atoms with Crippen molar-refractivity contribution < 1.29 is 18.2 Å². The lowest BCUT2D eigenvalue weighted by Crippen LogP contribution is -3.28. The smallest absolute Gasteiger partial charge is 0.211 e. The van der Waals surface area contributed by atoms with Gasteiger partial charge in [0.05, 0.1) is 16.7 Å². The number of quaternary nitrogens is 2. The van der Waals surface area contributed by atoms with Crippen LogP contribution in [0.2, 0.25) is 0 Å². The van der Waals surface area contributed by atoms with Gasteiger partial charge in [0.15, 0.2) is 0 Å². The van der Waals surface area contributed by atoms with Crippen molar-refractivity contribution in [3.05, 3.63) is 58.3 Å². The summed E-state index contributed by atoms with van der Waals surface area (Å²) in [7, 11) is -3.21. The first kappa shape index (κ1) is 20.5. The summed E-state index contributed by atoms with van der Waals surface area (Å²) >= 11 is 1.73. The van der Waals surface area contributed by atoms with Gasteiger partial charge in [0.25, 0.3) is 0 Å². The van der Waals surface area contributed by atoms with Crippen molar-refractivity contribution in [3.8, 4) is 0 Å². The highest BCUT2D eigenvalue weighted by Gasteiger charge is 2.36. The van der Waals surface area contributed by atoms with E-state index in [9.17, 15) is 8.42 Å². The third kappa shape index (κ3) is 5.62. The molecule has 1 aromatic carbocycles. The van der Waals surface area contributed by atoms with Crippen molar-refractivity contribution in [2.24, 2.45) is 0 Å². The van der Waals surface area contributed by atoms with Gasteiger partial charge in [-0.05, 0) is 25.3 Å². The van der Waals surface area contributed by atoms with Crippen LogP contribution in [-0.4, -0.2) is 46.4 Å². The monoisotopic (exact) mass is 409 g/mol. The van der Waals surface area contributed by atoms with Crippen LogP contribution in [0, 0.1) is 0 Å². The van der Waals surface area contributed by atoms with Crippen LogP contribution in [-0.2, 0) is 16.6 Å². The normalized spacial score (nSPS) is 23.0. The fraction of sp³-hybridized carbons (Fsp3) is 0.500. The molecule has 0 saturated carbocycles. The second kappa shape index (κ2) is 9.30. The Bertz CT molecular complexity index is 786. The maximum Gasteiger partial charge on any atom is 0.211 e. The lowest BCUT2D eigenvalue weighted by molar-refractivity contribution is -1.03. The summed E-state index contributed by atoms with van der Waals surface area (Å²) < 4.78 is 27.1. The summed E-state index contributed by atoms with van der Waals surface area (Å²) in [5.74, 6) is 0.124. The zero-order chi connectivity index (χ0) is 19.3. The molecule has 7 heteroatoms. The molecule has 0 unspecified atom stereocenters. The molecule has 148 valence electrons. The maximum absolute atomic E-state index is 12.1. The van der Waals surface area contributed by atoms with Gasteiger partial charge in [-0.25, -0.2) is 13.1 Å². The number of hydrogen-bond donors (Lipinski definition) is 3. The van der Waals surface area contributed by atoms with Gasteiger partial charge in [-0.3, -0.25) is 0 Å². The number of sulfonamides is 1. The molecule has 2 aromatic rings. The first-order valence-electron chi connectivity index (χ1n) is 9.74. The molecular formula is C20H31N3O2S2+2. The SMILES string of the molecule is CCS(=O)(=O)N[C@@H](C)[C@H](c1cccs1)[NH+]1CC[NH+](Cc2ccccc2)CC1. The van der Waals surface area contributed by atoms with Gasteiger partial charge in [0.1, 0.15) is 38.8 Å². The maximum atomic E-state index is 12.1. The number of piperazine rings is 1. The summed E-state index contributed by atoms with van der Waals surface area (Å²) in [6.45, 7) is 9.10. The number of thiophene rings is 1. The van der Waals surface area contributed by atoms with Crippen molar-refractivity contribution in [3.63, 3.8) is 0 Å². The molecule has 0 spiro atoms. The van der Waals surface area contributed by atoms with Gasteiger partial charge in [-0.15, -0.1) is 11.3 Å². The summed E-state index contributed by atoms with van der Waals surface area (Å²) in [4.78, 5) is 4.36. The van der Waals surface area contributed by atoms with Crippen LogP contribution in [0.5, 0.6) is 0 Å². The van der Waals surface area contributed by atoms with Crippen LogP contribution in [0.4, 0.5) is 0 Å². The molecular weight excluding hydrogens is 378 g/mol. The van der Waals surface area contributed by atoms with E-state index in [0.29, 0.717) is 0 Å². The average molecular weight is 410 g/mol. The van der Waals surface area contributed by atoms with E-state index in [1.807, 2.05) is 6.92 Å². The molecule has 2 atom stereocenters. The molecule has 1 aliphatic heterocycles. The van der Waals surface area contributed by atoms with Crippen molar-refractivity contribution >= 4 is 21.4 Å². The lowest BCUT2D eigenvalue weighted by atomic mass is 10.1. The van der Waals surface area contributed by atoms with Crippen molar-refractivity contribution in [2.75, 3.05) is 31.9 Å². The largest absolute Gasteiger partial charge is 0.322 e. The van der Waals surface area contributed by atoms with Crippen LogP contribution in [0.3, 0.4) is 0 Å². The minimum absolute atomic E-state index is 0.112. The van der Waals surface area contributed by atoms with E-state index in [-0.39, 0.29) is 17.8 Å². The van der Waals surface area contributed by atoms with E-state index in [4.69, 9.17) is 0 Å². The summed E-state index contributed by atoms with van der Waals surface area (Å²) in [5.41, 5.74) is 1.38. The molecule has 1 aliphatic rings. The molecule has 0 amide bonds. The molecule has 5 nitrogen and oxygen atoms in total. The molecule has 1 aromatic heterocycles. The van der Waals surface area contributed by atoms with Gasteiger partial charge in [0, 0.05) is 5.56 Å². The Balaban J connectivity index is 1.66. The third-order valence-electron chi connectivity index (χ3n) is 5.43. The highest BCUT2D eigenvalue weighted by molar-refractivity contribution is 7.89. The van der Waals surface area contributed by atoms with Crippen LogP contribution >= 0.6 is 11.3 Å². The average Bonchev–Trinajstić information content (AvgIpc) is 3.18. The van der Waals surface area contributed by atoms with Gasteiger partial charge < -0.3 is 9.80 Å². The second-order valence-electron chi connectivity index (χ2n) is 7.37. The van der Waals surface area contributed by atoms with Crippen molar-refractivity contribution in [1.82, 2.24) is 4.72 Å². The van der Waals surface area contributed by atoms with Gasteiger partial charge >= 0.3 is 0 Å².